The summed E-state index contributed by atoms with van der Waals surface area (Å²) in [4.78, 5) is 41.4. The monoisotopic (exact) mass is 599 g/mol. The van der Waals surface area contributed by atoms with E-state index >= 15 is 0 Å². The van der Waals surface area contributed by atoms with Crippen molar-refractivity contribution < 1.29 is 37.9 Å². The van der Waals surface area contributed by atoms with Crippen LogP contribution in [-0.4, -0.2) is 69.2 Å². The standard InChI is InChI=1S/C23H30N5O10PS/c1-15-11-28(22(33)25-20(15)31)19-10-17(26-27-24)18(37-19)12-36-39(34,38-16-6-4-3-5-7-16)35-8-9-40-21(32)23(2,13-29)14-30/h3-7,11,17-19,29-30H,8-10,12-14H2,1-2H3,(H,25,31,33)/t17?,18-,19-,39?/m1/s1. The summed E-state index contributed by atoms with van der Waals surface area (Å²) in [6.45, 7) is 1.16. The maximum atomic E-state index is 13.6. The zero-order valence-corrected chi connectivity index (χ0v) is 23.5. The second-order valence-electron chi connectivity index (χ2n) is 9.11. The summed E-state index contributed by atoms with van der Waals surface area (Å²) in [7, 11) is -4.32. The molecule has 2 aromatic rings. The van der Waals surface area contributed by atoms with Gasteiger partial charge in [0.2, 0.25) is 0 Å². The van der Waals surface area contributed by atoms with Crippen molar-refractivity contribution in [1.82, 2.24) is 9.55 Å². The van der Waals surface area contributed by atoms with E-state index in [1.54, 1.807) is 18.2 Å². The van der Waals surface area contributed by atoms with E-state index in [1.807, 2.05) is 0 Å². The Morgan fingerprint density at radius 3 is 2.65 bits per heavy atom. The number of benzene rings is 1. The van der Waals surface area contributed by atoms with Gasteiger partial charge in [0.15, 0.2) is 5.12 Å². The summed E-state index contributed by atoms with van der Waals surface area (Å²) >= 11 is 0.778. The Labute approximate surface area is 232 Å². The maximum Gasteiger partial charge on any atom is 0.530 e. The van der Waals surface area contributed by atoms with Gasteiger partial charge in [-0.25, -0.2) is 9.36 Å². The van der Waals surface area contributed by atoms with Crippen LogP contribution in [-0.2, 0) is 23.1 Å². The van der Waals surface area contributed by atoms with E-state index in [4.69, 9.17) is 23.8 Å². The average Bonchev–Trinajstić information content (AvgIpc) is 3.34. The Bertz CT molecular complexity index is 1380. The van der Waals surface area contributed by atoms with Crippen LogP contribution >= 0.6 is 19.6 Å². The topological polar surface area (TPSA) is 215 Å². The van der Waals surface area contributed by atoms with Crippen molar-refractivity contribution in [2.24, 2.45) is 10.5 Å². The van der Waals surface area contributed by atoms with Gasteiger partial charge in [-0.2, -0.15) is 0 Å². The number of hydrogen-bond acceptors (Lipinski definition) is 12. The van der Waals surface area contributed by atoms with Crippen LogP contribution < -0.4 is 15.8 Å². The fraction of sp³-hybridized carbons (Fsp3) is 0.522. The largest absolute Gasteiger partial charge is 0.530 e. The van der Waals surface area contributed by atoms with E-state index in [1.165, 1.54) is 32.2 Å². The molecule has 2 unspecified atom stereocenters. The van der Waals surface area contributed by atoms with Crippen LogP contribution in [0.2, 0.25) is 0 Å². The minimum atomic E-state index is -4.32. The van der Waals surface area contributed by atoms with E-state index in [0.29, 0.717) is 0 Å². The lowest BCUT2D eigenvalue weighted by molar-refractivity contribution is -0.123. The third-order valence-corrected chi connectivity index (χ3v) is 8.50. The number of carbonyl (C=O) groups excluding carboxylic acids is 1. The van der Waals surface area contributed by atoms with Crippen molar-refractivity contribution in [2.75, 3.05) is 32.2 Å². The molecule has 218 valence electrons. The van der Waals surface area contributed by atoms with Crippen molar-refractivity contribution in [3.63, 3.8) is 0 Å². The van der Waals surface area contributed by atoms with Gasteiger partial charge in [0.25, 0.3) is 5.56 Å². The predicted molar refractivity (Wildman–Crippen MR) is 144 cm³/mol. The maximum absolute atomic E-state index is 13.6. The second kappa shape index (κ2) is 14.1. The number of aliphatic hydroxyl groups is 2. The first-order valence-electron chi connectivity index (χ1n) is 12.1. The number of aryl methyl sites for hydroxylation is 1. The number of phosphoric ester groups is 1. The molecule has 4 atom stereocenters. The fourth-order valence-electron chi connectivity index (χ4n) is 3.53. The third-order valence-electron chi connectivity index (χ3n) is 5.97. The molecule has 1 fully saturated rings. The Hall–Kier alpha value is -2.94. The van der Waals surface area contributed by atoms with Crippen LogP contribution in [0.3, 0.4) is 0 Å². The minimum absolute atomic E-state index is 0.0117. The number of rotatable bonds is 14. The van der Waals surface area contributed by atoms with E-state index in [-0.39, 0.29) is 30.1 Å². The highest BCUT2D eigenvalue weighted by atomic mass is 32.2. The number of nitrogens with one attached hydrogen (secondary N) is 1. The zero-order chi connectivity index (χ0) is 29.3. The molecule has 0 aliphatic carbocycles. The molecule has 0 radical (unpaired) electrons. The van der Waals surface area contributed by atoms with Crippen LogP contribution in [0.1, 0.15) is 25.1 Å². The number of azide groups is 1. The summed E-state index contributed by atoms with van der Waals surface area (Å²) in [5, 5.41) is 22.0. The molecule has 3 N–H and O–H groups in total. The van der Waals surface area contributed by atoms with Crippen LogP contribution in [0.4, 0.5) is 0 Å². The van der Waals surface area contributed by atoms with Crippen molar-refractivity contribution in [3.05, 3.63) is 73.4 Å². The molecule has 0 spiro atoms. The van der Waals surface area contributed by atoms with Crippen molar-refractivity contribution in [3.8, 4) is 5.75 Å². The number of H-pyrrole nitrogens is 1. The fourth-order valence-corrected chi connectivity index (χ4v) is 5.68. The van der Waals surface area contributed by atoms with Crippen LogP contribution in [0.25, 0.3) is 10.4 Å². The summed E-state index contributed by atoms with van der Waals surface area (Å²) in [6.07, 6.45) is -0.465. The minimum Gasteiger partial charge on any atom is -0.404 e. The quantitative estimate of drug-likeness (QED) is 0.0941. The number of hydrogen-bond donors (Lipinski definition) is 3. The van der Waals surface area contributed by atoms with Gasteiger partial charge in [0, 0.05) is 28.8 Å². The van der Waals surface area contributed by atoms with Gasteiger partial charge in [-0.3, -0.25) is 28.2 Å². The van der Waals surface area contributed by atoms with Crippen molar-refractivity contribution >= 4 is 24.7 Å². The number of carbonyl (C=O) groups is 1. The van der Waals surface area contributed by atoms with E-state index in [0.717, 1.165) is 16.3 Å². The molecule has 2 heterocycles. The molecule has 1 saturated heterocycles. The number of aliphatic hydroxyl groups excluding tert-OH is 2. The van der Waals surface area contributed by atoms with Gasteiger partial charge in [-0.1, -0.05) is 35.1 Å². The number of aromatic amines is 1. The third kappa shape index (κ3) is 8.05. The Balaban J connectivity index is 1.71. The first-order valence-corrected chi connectivity index (χ1v) is 14.5. The molecule has 17 heteroatoms. The van der Waals surface area contributed by atoms with Crippen molar-refractivity contribution in [1.29, 1.82) is 0 Å². The van der Waals surface area contributed by atoms with Gasteiger partial charge < -0.3 is 19.5 Å². The average molecular weight is 600 g/mol. The van der Waals surface area contributed by atoms with Gasteiger partial charge >= 0.3 is 13.5 Å². The first-order chi connectivity index (χ1) is 19.0. The molecule has 40 heavy (non-hydrogen) atoms. The van der Waals surface area contributed by atoms with Crippen LogP contribution in [0.15, 0.2) is 51.2 Å². The highest BCUT2D eigenvalue weighted by Crippen LogP contribution is 2.50. The van der Waals surface area contributed by atoms with Gasteiger partial charge in [0.1, 0.15) is 12.0 Å². The Kier molecular flexibility index (Phi) is 11.1. The second-order valence-corrected chi connectivity index (χ2v) is 11.8. The van der Waals surface area contributed by atoms with Crippen molar-refractivity contribution in [2.45, 2.75) is 38.6 Å². The molecule has 1 aliphatic rings. The van der Waals surface area contributed by atoms with Gasteiger partial charge in [-0.15, -0.1) is 0 Å². The summed E-state index contributed by atoms with van der Waals surface area (Å²) < 4.78 is 37.1. The number of aromatic nitrogens is 2. The Morgan fingerprint density at radius 1 is 1.30 bits per heavy atom. The summed E-state index contributed by atoms with van der Waals surface area (Å²) in [6, 6.07) is 7.25. The molecular formula is C23H30N5O10PS. The van der Waals surface area contributed by atoms with E-state index < -0.39 is 67.8 Å². The molecular weight excluding hydrogens is 569 g/mol. The van der Waals surface area contributed by atoms with Crippen LogP contribution in [0, 0.1) is 12.3 Å². The molecule has 15 nitrogen and oxygen atoms in total. The molecule has 0 bridgehead atoms. The molecule has 0 saturated carbocycles. The molecule has 1 aromatic heterocycles. The van der Waals surface area contributed by atoms with E-state index in [9.17, 15) is 29.2 Å². The highest BCUT2D eigenvalue weighted by molar-refractivity contribution is 8.13. The smallest absolute Gasteiger partial charge is 0.404 e. The number of phosphoric acid groups is 1. The predicted octanol–water partition coefficient (Wildman–Crippen LogP) is 2.28. The first kappa shape index (κ1) is 31.6. The lowest BCUT2D eigenvalue weighted by atomic mass is 9.95. The highest BCUT2D eigenvalue weighted by Gasteiger charge is 2.40. The number of thioether (sulfide) groups is 1. The Morgan fingerprint density at radius 2 is 2.00 bits per heavy atom. The molecule has 1 aromatic carbocycles. The molecule has 0 amide bonds. The normalized spacial score (nSPS) is 20.4. The summed E-state index contributed by atoms with van der Waals surface area (Å²) in [5.41, 5.74) is 6.69. The number of ether oxygens (including phenoxy) is 1. The SMILES string of the molecule is Cc1cn([C@H]2CC(N=[N+]=[N-])[C@@H](COP(=O)(OCCSC(=O)C(C)(CO)CO)Oc3ccccc3)O2)c(=O)[nH]c1=O. The molecule has 1 aliphatic heterocycles. The van der Waals surface area contributed by atoms with E-state index in [2.05, 4.69) is 15.0 Å². The summed E-state index contributed by atoms with van der Waals surface area (Å²) in [5.74, 6) is 0.187. The number of nitrogens with zero attached hydrogens (tertiary/aromatic N) is 4. The van der Waals surface area contributed by atoms with Gasteiger partial charge in [0.05, 0.1) is 44.0 Å². The number of para-hydroxylation sites is 1. The van der Waals surface area contributed by atoms with Gasteiger partial charge in [-0.05, 0) is 31.5 Å². The van der Waals surface area contributed by atoms with Crippen LogP contribution in [0.5, 0.6) is 5.75 Å². The molecule has 3 rings (SSSR count). The lowest BCUT2D eigenvalue weighted by Gasteiger charge is -2.23. The lowest BCUT2D eigenvalue weighted by Crippen LogP contribution is -2.34. The zero-order valence-electron chi connectivity index (χ0n) is 21.7.